The van der Waals surface area contributed by atoms with Crippen molar-refractivity contribution in [3.05, 3.63) is 0 Å². The second kappa shape index (κ2) is 18.7. The third-order valence-corrected chi connectivity index (χ3v) is 6.93. The fourth-order valence-corrected chi connectivity index (χ4v) is 4.98. The highest BCUT2D eigenvalue weighted by Crippen LogP contribution is 2.36. The molecule has 2 fully saturated rings. The van der Waals surface area contributed by atoms with E-state index in [1.165, 1.54) is 0 Å². The average molecular weight is 781 g/mol. The van der Waals surface area contributed by atoms with Crippen LogP contribution in [0.15, 0.2) is 0 Å². The average Bonchev–Trinajstić information content (AvgIpc) is 2.95. The third-order valence-electron chi connectivity index (χ3n) is 6.46. The summed E-state index contributed by atoms with van der Waals surface area (Å²) in [4.78, 5) is 97.7. The Morgan fingerprint density at radius 2 is 0.940 bits per heavy atom. The quantitative estimate of drug-likeness (QED) is 0.157. The van der Waals surface area contributed by atoms with Crippen LogP contribution < -0.4 is 5.32 Å². The molecule has 50 heavy (non-hydrogen) atoms. The first-order chi connectivity index (χ1) is 23.1. The molecule has 0 aromatic heterocycles. The molecule has 19 nitrogen and oxygen atoms in total. The number of hydrogen-bond acceptors (Lipinski definition) is 18. The van der Waals surface area contributed by atoms with E-state index in [-0.39, 0.29) is 0 Å². The van der Waals surface area contributed by atoms with E-state index in [0.29, 0.717) is 0 Å². The van der Waals surface area contributed by atoms with Gasteiger partial charge in [0.05, 0.1) is 0 Å². The predicted molar refractivity (Wildman–Crippen MR) is 162 cm³/mol. The van der Waals surface area contributed by atoms with E-state index in [4.69, 9.17) is 82.2 Å². The molecular weight excluding hydrogens is 745 g/mol. The smallest absolute Gasteiger partial charge is 0.360 e. The number of rotatable bonds is 12. The summed E-state index contributed by atoms with van der Waals surface area (Å²) in [5.74, 6) is -7.66. The summed E-state index contributed by atoms with van der Waals surface area (Å²) in [5.41, 5.74) is 0. The van der Waals surface area contributed by atoms with Gasteiger partial charge in [-0.05, 0) is 0 Å². The number of amides is 1. The normalized spacial score (nSPS) is 29.3. The Kier molecular flexibility index (Phi) is 15.9. The molecule has 0 spiro atoms. The van der Waals surface area contributed by atoms with Crippen LogP contribution in [-0.4, -0.2) is 126 Å². The van der Waals surface area contributed by atoms with Crippen molar-refractivity contribution in [2.75, 3.05) is 13.2 Å². The summed E-state index contributed by atoms with van der Waals surface area (Å²) in [5, 5.41) is 2.42. The molecule has 10 atom stereocenters. The van der Waals surface area contributed by atoms with Gasteiger partial charge in [-0.25, -0.2) is 4.79 Å². The van der Waals surface area contributed by atoms with Gasteiger partial charge in [-0.2, -0.15) is 0 Å². The van der Waals surface area contributed by atoms with Crippen molar-refractivity contribution in [2.24, 2.45) is 0 Å². The van der Waals surface area contributed by atoms with E-state index in [1.807, 2.05) is 0 Å². The van der Waals surface area contributed by atoms with Crippen LogP contribution in [-0.2, 0) is 85.7 Å². The van der Waals surface area contributed by atoms with Gasteiger partial charge in [0.2, 0.25) is 12.2 Å². The number of halogens is 3. The van der Waals surface area contributed by atoms with Crippen LogP contribution >= 0.6 is 34.8 Å². The zero-order valence-corrected chi connectivity index (χ0v) is 29.9. The second-order valence-corrected chi connectivity index (χ2v) is 13.0. The number of hydrogen-bond donors (Lipinski definition) is 1. The zero-order chi connectivity index (χ0) is 38.1. The molecule has 0 bridgehead atoms. The molecule has 2 rings (SSSR count). The predicted octanol–water partition coefficient (Wildman–Crippen LogP) is 0.0925. The van der Waals surface area contributed by atoms with E-state index in [2.05, 4.69) is 5.32 Å². The van der Waals surface area contributed by atoms with Crippen LogP contribution in [0, 0.1) is 0 Å². The number of carbonyl (C=O) groups is 8. The minimum absolute atomic E-state index is 0.632. The van der Waals surface area contributed by atoms with Crippen molar-refractivity contribution in [3.8, 4) is 0 Å². The van der Waals surface area contributed by atoms with Crippen LogP contribution in [0.1, 0.15) is 48.5 Å². The minimum Gasteiger partial charge on any atom is -0.463 e. The van der Waals surface area contributed by atoms with Crippen molar-refractivity contribution in [3.63, 3.8) is 0 Å². The first kappa shape index (κ1) is 42.7. The molecular formula is C28H36Cl3NO18. The first-order valence-corrected chi connectivity index (χ1v) is 15.7. The summed E-state index contributed by atoms with van der Waals surface area (Å²) in [6.07, 6.45) is -15.3. The highest BCUT2D eigenvalue weighted by Gasteiger charge is 2.58. The first-order valence-electron chi connectivity index (χ1n) is 14.6. The molecule has 0 aliphatic carbocycles. The van der Waals surface area contributed by atoms with Gasteiger partial charge in [0, 0.05) is 48.5 Å². The Morgan fingerprint density at radius 3 is 1.34 bits per heavy atom. The van der Waals surface area contributed by atoms with Crippen LogP contribution in [0.4, 0.5) is 0 Å². The van der Waals surface area contributed by atoms with Crippen LogP contribution in [0.5, 0.6) is 0 Å². The summed E-state index contributed by atoms with van der Waals surface area (Å²) in [6, 6.07) is -1.67. The lowest BCUT2D eigenvalue weighted by atomic mass is 9.94. The molecule has 0 saturated carbocycles. The Morgan fingerprint density at radius 1 is 0.540 bits per heavy atom. The van der Waals surface area contributed by atoms with Gasteiger partial charge in [-0.15, -0.1) is 0 Å². The molecule has 1 unspecified atom stereocenters. The molecule has 0 aromatic carbocycles. The summed E-state index contributed by atoms with van der Waals surface area (Å²) < 4.78 is 52.4. The number of alkyl halides is 3. The van der Waals surface area contributed by atoms with E-state index in [0.717, 1.165) is 48.5 Å². The minimum atomic E-state index is -2.67. The summed E-state index contributed by atoms with van der Waals surface area (Å²) >= 11 is 17.1. The van der Waals surface area contributed by atoms with Gasteiger partial charge in [-0.3, -0.25) is 33.6 Å². The Labute approximate surface area is 299 Å². The van der Waals surface area contributed by atoms with Crippen LogP contribution in [0.3, 0.4) is 0 Å². The van der Waals surface area contributed by atoms with Gasteiger partial charge in [0.15, 0.2) is 30.7 Å². The van der Waals surface area contributed by atoms with Crippen molar-refractivity contribution in [2.45, 2.75) is 114 Å². The van der Waals surface area contributed by atoms with Crippen LogP contribution in [0.25, 0.3) is 0 Å². The highest BCUT2D eigenvalue weighted by atomic mass is 35.6. The monoisotopic (exact) mass is 779 g/mol. The molecule has 0 radical (unpaired) electrons. The standard InChI is InChI=1S/C28H36Cl3NO18/c1-10(33)32-19-22(20(43-13(4)36)17(8-41-11(2)34)47-25(19)50-27(40)28(29,30)31)49-26-24(46-16(7)39)23(45-15(6)38)21(44-14(5)37)18(48-26)9-42-12(3)35/h17-26H,8-9H2,1-7H3,(H,32,33)/t17-,18-,19-,20+,21+,22-,23+,24-,25?,26+/m1/s1. The molecule has 22 heteroatoms. The summed E-state index contributed by atoms with van der Waals surface area (Å²) in [6.45, 7) is 5.85. The van der Waals surface area contributed by atoms with Crippen molar-refractivity contribution < 1.29 is 85.7 Å². The summed E-state index contributed by atoms with van der Waals surface area (Å²) in [7, 11) is 0. The number of esters is 7. The molecule has 2 aliphatic rings. The molecule has 0 aromatic rings. The molecule has 282 valence electrons. The lowest BCUT2D eigenvalue weighted by Gasteiger charge is -2.49. The largest absolute Gasteiger partial charge is 0.463 e. The fraction of sp³-hybridized carbons (Fsp3) is 0.714. The van der Waals surface area contributed by atoms with Crippen molar-refractivity contribution in [1.82, 2.24) is 5.32 Å². The van der Waals surface area contributed by atoms with Gasteiger partial charge >= 0.3 is 41.8 Å². The van der Waals surface area contributed by atoms with E-state index in [1.54, 1.807) is 0 Å². The topological polar surface area (TPSA) is 241 Å². The SMILES string of the molecule is CC(=O)N[C@H]1C(OC(=O)C(Cl)(Cl)Cl)O[C@H](COC(C)=O)[C@H](OC(C)=O)[C@@H]1O[C@@H]1O[C@H](COC(C)=O)[C@H](OC(C)=O)[C@H](OC(C)=O)[C@H]1OC(C)=O. The number of carbonyl (C=O) groups excluding carboxylic acids is 8. The highest BCUT2D eigenvalue weighted by molar-refractivity contribution is 6.75. The Balaban J connectivity index is 2.81. The van der Waals surface area contributed by atoms with Gasteiger partial charge in [0.1, 0.15) is 37.6 Å². The maximum atomic E-state index is 12.7. The van der Waals surface area contributed by atoms with E-state index >= 15 is 0 Å². The third kappa shape index (κ3) is 13.0. The van der Waals surface area contributed by atoms with Crippen molar-refractivity contribution >= 4 is 82.5 Å². The van der Waals surface area contributed by atoms with Crippen LogP contribution in [0.2, 0.25) is 0 Å². The molecule has 2 saturated heterocycles. The maximum Gasteiger partial charge on any atom is 0.360 e. The van der Waals surface area contributed by atoms with Crippen molar-refractivity contribution in [1.29, 1.82) is 0 Å². The van der Waals surface area contributed by atoms with E-state index < -0.39 is 126 Å². The Hall–Kier alpha value is -3.49. The maximum absolute atomic E-state index is 12.7. The molecule has 1 N–H and O–H groups in total. The molecule has 2 aliphatic heterocycles. The zero-order valence-electron chi connectivity index (χ0n) is 27.7. The second-order valence-electron chi connectivity index (χ2n) is 10.7. The Bertz CT molecular complexity index is 1310. The molecule has 1 amide bonds. The lowest BCUT2D eigenvalue weighted by molar-refractivity contribution is -0.344. The van der Waals surface area contributed by atoms with Gasteiger partial charge in [-0.1, -0.05) is 34.8 Å². The number of ether oxygens (including phenoxy) is 10. The van der Waals surface area contributed by atoms with E-state index in [9.17, 15) is 38.4 Å². The fourth-order valence-electron chi connectivity index (χ4n) is 4.85. The molecule has 2 heterocycles. The van der Waals surface area contributed by atoms with Gasteiger partial charge in [0.25, 0.3) is 3.79 Å². The van der Waals surface area contributed by atoms with Gasteiger partial charge < -0.3 is 52.7 Å². The lowest BCUT2D eigenvalue weighted by Crippen LogP contribution is -2.69. The number of nitrogens with one attached hydrogen (secondary N) is 1.